The number of anilines is 1. The van der Waals surface area contributed by atoms with Crippen molar-refractivity contribution in [3.63, 3.8) is 0 Å². The van der Waals surface area contributed by atoms with Gasteiger partial charge in [0, 0.05) is 21.6 Å². The summed E-state index contributed by atoms with van der Waals surface area (Å²) in [5.74, 6) is 0. The molecule has 0 radical (unpaired) electrons. The second-order valence-corrected chi connectivity index (χ2v) is 7.82. The first-order chi connectivity index (χ1) is 9.16. The molecule has 5 nitrogen and oxygen atoms in total. The lowest BCUT2D eigenvalue weighted by Crippen LogP contribution is -2.43. The standard InChI is InChI=1S/C13H16BrN3O2S/c1-13(2,3)17-20(18,19)16-11-6-4-5-9-7-10(14)8-15-12(9)11/h4-8,16-17H,1-3H3. The summed E-state index contributed by atoms with van der Waals surface area (Å²) >= 11 is 3.34. The van der Waals surface area contributed by atoms with Crippen LogP contribution >= 0.6 is 15.9 Å². The van der Waals surface area contributed by atoms with E-state index in [4.69, 9.17) is 0 Å². The SMILES string of the molecule is CC(C)(C)NS(=O)(=O)Nc1cccc2cc(Br)cnc12. The fraction of sp³-hybridized carbons (Fsp3) is 0.308. The predicted molar refractivity (Wildman–Crippen MR) is 84.9 cm³/mol. The van der Waals surface area contributed by atoms with E-state index in [0.717, 1.165) is 9.86 Å². The molecule has 0 aliphatic rings. The number of fused-ring (bicyclic) bond motifs is 1. The van der Waals surface area contributed by atoms with Crippen LogP contribution in [0, 0.1) is 0 Å². The van der Waals surface area contributed by atoms with Gasteiger partial charge in [-0.25, -0.2) is 0 Å². The molecule has 0 saturated heterocycles. The highest BCUT2D eigenvalue weighted by Crippen LogP contribution is 2.24. The Labute approximate surface area is 127 Å². The summed E-state index contributed by atoms with van der Waals surface area (Å²) in [5, 5.41) is 0.857. The number of hydrogen-bond donors (Lipinski definition) is 2. The van der Waals surface area contributed by atoms with Crippen LogP contribution in [-0.4, -0.2) is 18.9 Å². The van der Waals surface area contributed by atoms with Crippen LogP contribution < -0.4 is 9.44 Å². The molecule has 0 aliphatic carbocycles. The molecule has 0 unspecified atom stereocenters. The van der Waals surface area contributed by atoms with Crippen molar-refractivity contribution < 1.29 is 8.42 Å². The third-order valence-corrected chi connectivity index (χ3v) is 4.17. The van der Waals surface area contributed by atoms with Crippen molar-refractivity contribution >= 4 is 42.7 Å². The van der Waals surface area contributed by atoms with Crippen LogP contribution in [0.3, 0.4) is 0 Å². The molecule has 2 aromatic rings. The van der Waals surface area contributed by atoms with E-state index < -0.39 is 15.7 Å². The van der Waals surface area contributed by atoms with Gasteiger partial charge in [0.25, 0.3) is 10.2 Å². The molecule has 0 spiro atoms. The summed E-state index contributed by atoms with van der Waals surface area (Å²) in [6.45, 7) is 5.35. The van der Waals surface area contributed by atoms with E-state index in [0.29, 0.717) is 11.2 Å². The van der Waals surface area contributed by atoms with E-state index >= 15 is 0 Å². The molecule has 0 saturated carbocycles. The Balaban J connectivity index is 2.40. The minimum absolute atomic E-state index is 0.451. The molecule has 20 heavy (non-hydrogen) atoms. The van der Waals surface area contributed by atoms with Crippen molar-refractivity contribution in [3.05, 3.63) is 34.9 Å². The van der Waals surface area contributed by atoms with Gasteiger partial charge in [-0.2, -0.15) is 13.1 Å². The zero-order chi connectivity index (χ0) is 15.0. The first kappa shape index (κ1) is 15.2. The monoisotopic (exact) mass is 357 g/mol. The highest BCUT2D eigenvalue weighted by molar-refractivity contribution is 9.10. The maximum Gasteiger partial charge on any atom is 0.299 e. The van der Waals surface area contributed by atoms with Crippen LogP contribution in [0.1, 0.15) is 20.8 Å². The van der Waals surface area contributed by atoms with Gasteiger partial charge in [-0.3, -0.25) is 9.71 Å². The molecule has 108 valence electrons. The largest absolute Gasteiger partial charge is 0.299 e. The molecule has 0 aliphatic heterocycles. The van der Waals surface area contributed by atoms with E-state index in [-0.39, 0.29) is 0 Å². The first-order valence-electron chi connectivity index (χ1n) is 6.02. The van der Waals surface area contributed by atoms with Crippen LogP contribution in [0.25, 0.3) is 10.9 Å². The molecule has 7 heteroatoms. The van der Waals surface area contributed by atoms with Gasteiger partial charge >= 0.3 is 0 Å². The molecule has 1 aromatic carbocycles. The molecule has 1 heterocycles. The highest BCUT2D eigenvalue weighted by atomic mass is 79.9. The minimum Gasteiger partial charge on any atom is -0.269 e. The van der Waals surface area contributed by atoms with Crippen molar-refractivity contribution in [2.45, 2.75) is 26.3 Å². The maximum atomic E-state index is 12.1. The Hall–Kier alpha value is -1.18. The second-order valence-electron chi connectivity index (χ2n) is 5.49. The number of aromatic nitrogens is 1. The van der Waals surface area contributed by atoms with Gasteiger partial charge in [0.15, 0.2) is 0 Å². The Morgan fingerprint density at radius 3 is 2.60 bits per heavy atom. The Morgan fingerprint density at radius 2 is 1.95 bits per heavy atom. The van der Waals surface area contributed by atoms with Gasteiger partial charge in [0.1, 0.15) is 0 Å². The average Bonchev–Trinajstić information content (AvgIpc) is 2.24. The van der Waals surface area contributed by atoms with Gasteiger partial charge in [0.2, 0.25) is 0 Å². The molecule has 0 bridgehead atoms. The number of para-hydroxylation sites is 1. The maximum absolute atomic E-state index is 12.1. The van der Waals surface area contributed by atoms with Gasteiger partial charge < -0.3 is 0 Å². The quantitative estimate of drug-likeness (QED) is 0.886. The number of nitrogens with zero attached hydrogens (tertiary/aromatic N) is 1. The Morgan fingerprint density at radius 1 is 1.25 bits per heavy atom. The van der Waals surface area contributed by atoms with Gasteiger partial charge in [0.05, 0.1) is 11.2 Å². The van der Waals surface area contributed by atoms with Crippen LogP contribution in [0.15, 0.2) is 34.9 Å². The molecule has 0 fully saturated rings. The minimum atomic E-state index is -3.65. The zero-order valence-electron chi connectivity index (χ0n) is 11.4. The lowest BCUT2D eigenvalue weighted by Gasteiger charge is -2.21. The molecular weight excluding hydrogens is 342 g/mol. The van der Waals surface area contributed by atoms with Gasteiger partial charge in [-0.1, -0.05) is 12.1 Å². The van der Waals surface area contributed by atoms with Crippen LogP contribution in [0.5, 0.6) is 0 Å². The molecule has 1 aromatic heterocycles. The van der Waals surface area contributed by atoms with Crippen LogP contribution in [0.4, 0.5) is 5.69 Å². The molecule has 0 atom stereocenters. The number of nitrogens with one attached hydrogen (secondary N) is 2. The van der Waals surface area contributed by atoms with Crippen molar-refractivity contribution in [1.82, 2.24) is 9.71 Å². The lowest BCUT2D eigenvalue weighted by atomic mass is 10.1. The van der Waals surface area contributed by atoms with Crippen LogP contribution in [-0.2, 0) is 10.2 Å². The summed E-state index contributed by atoms with van der Waals surface area (Å²) in [6.07, 6.45) is 1.64. The van der Waals surface area contributed by atoms with E-state index in [1.807, 2.05) is 12.1 Å². The number of pyridine rings is 1. The number of benzene rings is 1. The fourth-order valence-electron chi connectivity index (χ4n) is 1.79. The molecular formula is C13H16BrN3O2S. The van der Waals surface area contributed by atoms with Crippen molar-refractivity contribution in [2.24, 2.45) is 0 Å². The average molecular weight is 358 g/mol. The number of hydrogen-bond acceptors (Lipinski definition) is 3. The van der Waals surface area contributed by atoms with E-state index in [1.165, 1.54) is 0 Å². The summed E-state index contributed by atoms with van der Waals surface area (Å²) < 4.78 is 30.0. The Kier molecular flexibility index (Phi) is 4.04. The molecule has 2 rings (SSSR count). The molecule has 2 N–H and O–H groups in total. The number of rotatable bonds is 3. The molecule has 0 amide bonds. The van der Waals surface area contributed by atoms with Crippen molar-refractivity contribution in [2.75, 3.05) is 4.72 Å². The normalized spacial score (nSPS) is 12.6. The van der Waals surface area contributed by atoms with E-state index in [2.05, 4.69) is 30.4 Å². The summed E-state index contributed by atoms with van der Waals surface area (Å²) in [4.78, 5) is 4.26. The zero-order valence-corrected chi connectivity index (χ0v) is 13.8. The predicted octanol–water partition coefficient (Wildman–Crippen LogP) is 3.04. The van der Waals surface area contributed by atoms with E-state index in [1.54, 1.807) is 39.1 Å². The summed E-state index contributed by atoms with van der Waals surface area (Å²) in [5.41, 5.74) is 0.508. The highest BCUT2D eigenvalue weighted by Gasteiger charge is 2.20. The van der Waals surface area contributed by atoms with Gasteiger partial charge in [-0.05, 0) is 48.8 Å². The topological polar surface area (TPSA) is 71.1 Å². The smallest absolute Gasteiger partial charge is 0.269 e. The van der Waals surface area contributed by atoms with E-state index in [9.17, 15) is 8.42 Å². The Bertz CT molecular complexity index is 739. The summed E-state index contributed by atoms with van der Waals surface area (Å²) in [7, 11) is -3.65. The third kappa shape index (κ3) is 3.91. The lowest BCUT2D eigenvalue weighted by molar-refractivity contribution is 0.494. The third-order valence-electron chi connectivity index (χ3n) is 2.36. The van der Waals surface area contributed by atoms with Crippen molar-refractivity contribution in [1.29, 1.82) is 0 Å². The second kappa shape index (κ2) is 5.31. The fourth-order valence-corrected chi connectivity index (χ4v) is 3.45. The first-order valence-corrected chi connectivity index (χ1v) is 8.30. The van der Waals surface area contributed by atoms with Crippen molar-refractivity contribution in [3.8, 4) is 0 Å². The summed E-state index contributed by atoms with van der Waals surface area (Å²) in [6, 6.07) is 7.23. The van der Waals surface area contributed by atoms with Gasteiger partial charge in [-0.15, -0.1) is 0 Å². The number of halogens is 1. The van der Waals surface area contributed by atoms with Crippen LogP contribution in [0.2, 0.25) is 0 Å².